The molecule has 5 nitrogen and oxygen atoms in total. The average Bonchev–Trinajstić information content (AvgIpc) is 2.82. The summed E-state index contributed by atoms with van der Waals surface area (Å²) in [5.41, 5.74) is 2.20. The number of benzene rings is 2. The molecular formula is C26H32O5. The van der Waals surface area contributed by atoms with Gasteiger partial charge in [0.1, 0.15) is 24.4 Å². The van der Waals surface area contributed by atoms with Gasteiger partial charge in [-0.15, -0.1) is 13.2 Å². The molecule has 1 heterocycles. The molecule has 0 unspecified atom stereocenters. The van der Waals surface area contributed by atoms with Gasteiger partial charge in [-0.3, -0.25) is 0 Å². The molecule has 4 atom stereocenters. The van der Waals surface area contributed by atoms with Crippen molar-refractivity contribution in [1.29, 1.82) is 0 Å². The summed E-state index contributed by atoms with van der Waals surface area (Å²) in [7, 11) is 0. The molecule has 166 valence electrons. The molecule has 0 radical (unpaired) electrons. The molecule has 0 bridgehead atoms. The first-order valence-corrected chi connectivity index (χ1v) is 10.7. The standard InChI is InChI=1S/C26H32O5/c1-3-15-28-24-20-30-23(19-27-17-21-11-7-5-8-12-21)26(25(24)29-16-4-2)31-18-22-13-9-6-10-14-22/h3-14,23-26H,1-2,15-20H2/t23-,24-,25-,26-/m1/s1. The Labute approximate surface area is 185 Å². The van der Waals surface area contributed by atoms with Crippen LogP contribution in [0.1, 0.15) is 11.1 Å². The second-order valence-corrected chi connectivity index (χ2v) is 7.38. The summed E-state index contributed by atoms with van der Waals surface area (Å²) in [5, 5.41) is 0. The molecule has 31 heavy (non-hydrogen) atoms. The van der Waals surface area contributed by atoms with Crippen molar-refractivity contribution in [3.63, 3.8) is 0 Å². The van der Waals surface area contributed by atoms with Crippen LogP contribution in [-0.2, 0) is 36.9 Å². The third-order valence-corrected chi connectivity index (χ3v) is 5.04. The molecule has 0 spiro atoms. The van der Waals surface area contributed by atoms with Crippen molar-refractivity contribution in [1.82, 2.24) is 0 Å². The van der Waals surface area contributed by atoms with Crippen LogP contribution >= 0.6 is 0 Å². The first-order chi connectivity index (χ1) is 15.3. The van der Waals surface area contributed by atoms with E-state index in [1.807, 2.05) is 60.7 Å². The summed E-state index contributed by atoms with van der Waals surface area (Å²) in [6.07, 6.45) is 2.27. The Morgan fingerprint density at radius 3 is 2.03 bits per heavy atom. The van der Waals surface area contributed by atoms with Gasteiger partial charge in [0.25, 0.3) is 0 Å². The SMILES string of the molecule is C=CCO[C@H]1[C@H](OCc2ccccc2)[C@@H](COCc2ccccc2)OC[C@H]1OCC=C. The van der Waals surface area contributed by atoms with Crippen molar-refractivity contribution in [2.24, 2.45) is 0 Å². The van der Waals surface area contributed by atoms with E-state index in [1.165, 1.54) is 0 Å². The highest BCUT2D eigenvalue weighted by Crippen LogP contribution is 2.25. The zero-order valence-corrected chi connectivity index (χ0v) is 17.9. The maximum atomic E-state index is 6.33. The highest BCUT2D eigenvalue weighted by molar-refractivity contribution is 5.14. The zero-order valence-electron chi connectivity index (χ0n) is 17.9. The lowest BCUT2D eigenvalue weighted by atomic mass is 9.99. The van der Waals surface area contributed by atoms with E-state index in [-0.39, 0.29) is 24.4 Å². The van der Waals surface area contributed by atoms with E-state index in [0.29, 0.717) is 39.6 Å². The van der Waals surface area contributed by atoms with Gasteiger partial charge in [0, 0.05) is 0 Å². The minimum atomic E-state index is -0.348. The Morgan fingerprint density at radius 1 is 0.774 bits per heavy atom. The van der Waals surface area contributed by atoms with Crippen LogP contribution < -0.4 is 0 Å². The molecule has 0 saturated carbocycles. The fourth-order valence-electron chi connectivity index (χ4n) is 3.53. The minimum Gasteiger partial charge on any atom is -0.374 e. The summed E-state index contributed by atoms with van der Waals surface area (Å²) in [6, 6.07) is 20.1. The van der Waals surface area contributed by atoms with E-state index in [0.717, 1.165) is 11.1 Å². The zero-order chi connectivity index (χ0) is 21.7. The predicted molar refractivity (Wildman–Crippen MR) is 121 cm³/mol. The van der Waals surface area contributed by atoms with E-state index in [1.54, 1.807) is 12.2 Å². The quantitative estimate of drug-likeness (QED) is 0.448. The van der Waals surface area contributed by atoms with E-state index < -0.39 is 0 Å². The molecule has 0 N–H and O–H groups in total. The fraction of sp³-hybridized carbons (Fsp3) is 0.385. The first kappa shape index (κ1) is 23.4. The van der Waals surface area contributed by atoms with Gasteiger partial charge in [-0.05, 0) is 11.1 Å². The van der Waals surface area contributed by atoms with Gasteiger partial charge < -0.3 is 23.7 Å². The summed E-state index contributed by atoms with van der Waals surface area (Å²) in [6.45, 7) is 10.1. The molecule has 1 fully saturated rings. The van der Waals surface area contributed by atoms with Gasteiger partial charge in [0.05, 0.1) is 39.6 Å². The second-order valence-electron chi connectivity index (χ2n) is 7.38. The van der Waals surface area contributed by atoms with Gasteiger partial charge in [-0.25, -0.2) is 0 Å². The summed E-state index contributed by atoms with van der Waals surface area (Å²) in [5.74, 6) is 0. The van der Waals surface area contributed by atoms with E-state index in [2.05, 4.69) is 13.2 Å². The Hall–Kier alpha value is -2.28. The van der Waals surface area contributed by atoms with Gasteiger partial charge in [0.2, 0.25) is 0 Å². The molecule has 0 amide bonds. The molecular weight excluding hydrogens is 392 g/mol. The van der Waals surface area contributed by atoms with Gasteiger partial charge >= 0.3 is 0 Å². The van der Waals surface area contributed by atoms with Crippen molar-refractivity contribution < 1.29 is 23.7 Å². The lowest BCUT2D eigenvalue weighted by molar-refractivity contribution is -0.237. The molecule has 2 aromatic carbocycles. The molecule has 0 aromatic heterocycles. The highest BCUT2D eigenvalue weighted by atomic mass is 16.6. The Bertz CT molecular complexity index is 764. The molecule has 3 rings (SSSR count). The van der Waals surface area contributed by atoms with Crippen LogP contribution in [0.3, 0.4) is 0 Å². The second kappa shape index (κ2) is 13.2. The largest absolute Gasteiger partial charge is 0.374 e. The summed E-state index contributed by atoms with van der Waals surface area (Å²) >= 11 is 0. The molecule has 1 aliphatic heterocycles. The van der Waals surface area contributed by atoms with E-state index >= 15 is 0 Å². The van der Waals surface area contributed by atoms with Gasteiger partial charge in [0.15, 0.2) is 0 Å². The topological polar surface area (TPSA) is 46.2 Å². The Morgan fingerprint density at radius 2 is 1.39 bits per heavy atom. The van der Waals surface area contributed by atoms with Crippen molar-refractivity contribution >= 4 is 0 Å². The molecule has 1 saturated heterocycles. The monoisotopic (exact) mass is 424 g/mol. The van der Waals surface area contributed by atoms with Crippen molar-refractivity contribution in [2.75, 3.05) is 26.4 Å². The van der Waals surface area contributed by atoms with Crippen LogP contribution in [0.15, 0.2) is 86.0 Å². The summed E-state index contributed by atoms with van der Waals surface area (Å²) in [4.78, 5) is 0. The molecule has 2 aromatic rings. The van der Waals surface area contributed by atoms with Gasteiger partial charge in [-0.2, -0.15) is 0 Å². The van der Waals surface area contributed by atoms with Crippen molar-refractivity contribution in [2.45, 2.75) is 37.6 Å². The fourth-order valence-corrected chi connectivity index (χ4v) is 3.53. The van der Waals surface area contributed by atoms with E-state index in [9.17, 15) is 0 Å². The van der Waals surface area contributed by atoms with Crippen molar-refractivity contribution in [3.05, 3.63) is 97.1 Å². The third kappa shape index (κ3) is 7.42. The Kier molecular flexibility index (Phi) is 9.96. The molecule has 0 aliphatic carbocycles. The number of rotatable bonds is 13. The summed E-state index contributed by atoms with van der Waals surface area (Å²) < 4.78 is 30.5. The van der Waals surface area contributed by atoms with Crippen LogP contribution in [0, 0.1) is 0 Å². The van der Waals surface area contributed by atoms with Crippen LogP contribution in [-0.4, -0.2) is 50.8 Å². The first-order valence-electron chi connectivity index (χ1n) is 10.7. The smallest absolute Gasteiger partial charge is 0.115 e. The minimum absolute atomic E-state index is 0.260. The number of ether oxygens (including phenoxy) is 5. The maximum Gasteiger partial charge on any atom is 0.115 e. The lowest BCUT2D eigenvalue weighted by Crippen LogP contribution is -2.57. The number of hydrogen-bond donors (Lipinski definition) is 0. The molecule has 1 aliphatic rings. The average molecular weight is 425 g/mol. The molecule has 5 heteroatoms. The van der Waals surface area contributed by atoms with Crippen LogP contribution in [0.4, 0.5) is 0 Å². The maximum absolute atomic E-state index is 6.33. The van der Waals surface area contributed by atoms with Crippen LogP contribution in [0.25, 0.3) is 0 Å². The number of hydrogen-bond acceptors (Lipinski definition) is 5. The normalized spacial score (nSPS) is 23.4. The highest BCUT2D eigenvalue weighted by Gasteiger charge is 2.42. The van der Waals surface area contributed by atoms with Crippen LogP contribution in [0.5, 0.6) is 0 Å². The van der Waals surface area contributed by atoms with Gasteiger partial charge in [-0.1, -0.05) is 72.8 Å². The third-order valence-electron chi connectivity index (χ3n) is 5.04. The van der Waals surface area contributed by atoms with Crippen molar-refractivity contribution in [3.8, 4) is 0 Å². The predicted octanol–water partition coefficient (Wildman–Crippen LogP) is 4.33. The Balaban J connectivity index is 1.69. The van der Waals surface area contributed by atoms with Crippen LogP contribution in [0.2, 0.25) is 0 Å². The van der Waals surface area contributed by atoms with E-state index in [4.69, 9.17) is 23.7 Å². The lowest BCUT2D eigenvalue weighted by Gasteiger charge is -2.42.